The summed E-state index contributed by atoms with van der Waals surface area (Å²) in [4.78, 5) is 11.1. The number of hydrogen-bond acceptors (Lipinski definition) is 5. The van der Waals surface area contributed by atoms with Crippen LogP contribution in [-0.4, -0.2) is 46.7 Å². The van der Waals surface area contributed by atoms with E-state index < -0.39 is 18.3 Å². The Bertz CT molecular complexity index is 615. The maximum atomic E-state index is 11.1. The minimum Gasteiger partial charge on any atom is -0.469 e. The monoisotopic (exact) mass is 404 g/mol. The maximum Gasteiger partial charge on any atom is 0.305 e. The summed E-state index contributed by atoms with van der Waals surface area (Å²) in [5, 5.41) is 31.1. The van der Waals surface area contributed by atoms with Gasteiger partial charge in [-0.25, -0.2) is 0 Å². The van der Waals surface area contributed by atoms with Gasteiger partial charge in [0.1, 0.15) is 0 Å². The smallest absolute Gasteiger partial charge is 0.305 e. The second-order valence-electron chi connectivity index (χ2n) is 8.13. The van der Waals surface area contributed by atoms with Gasteiger partial charge in [0.25, 0.3) is 0 Å². The van der Waals surface area contributed by atoms with Crippen molar-refractivity contribution >= 4 is 5.97 Å². The van der Waals surface area contributed by atoms with Crippen LogP contribution in [0.5, 0.6) is 0 Å². The van der Waals surface area contributed by atoms with Crippen LogP contribution in [0, 0.1) is 11.8 Å². The summed E-state index contributed by atoms with van der Waals surface area (Å²) in [5.74, 6) is -0.169. The summed E-state index contributed by atoms with van der Waals surface area (Å²) in [5.41, 5.74) is 1.22. The standard InChI is InChI=1S/C24H36O5/c1-29-24(28)12-8-3-2-7-11-20-21(23(27)17-22(20)26)16-15-19(25)14-13-18-9-5-4-6-10-18/h2,4-7,9-10,19-23,25-27H,3,8,11-17H2,1H3/b7-2-/t19-,20+,21+,22-,23?/m0/s1. The second kappa shape index (κ2) is 12.8. The summed E-state index contributed by atoms with van der Waals surface area (Å²) in [6.45, 7) is 0. The number of aliphatic hydroxyl groups excluding tert-OH is 3. The topological polar surface area (TPSA) is 87.0 Å². The first-order valence-corrected chi connectivity index (χ1v) is 10.8. The van der Waals surface area contributed by atoms with Crippen LogP contribution in [-0.2, 0) is 16.0 Å². The van der Waals surface area contributed by atoms with Crippen LogP contribution in [0.2, 0.25) is 0 Å². The number of hydrogen-bond donors (Lipinski definition) is 3. The SMILES string of the molecule is COC(=O)CCC/C=C\C[C@H]1[C@@H](O)CC(O)[C@@H]1CC[C@@H](O)CCc1ccccc1. The van der Waals surface area contributed by atoms with E-state index in [1.807, 2.05) is 30.4 Å². The van der Waals surface area contributed by atoms with Crippen molar-refractivity contribution in [1.29, 1.82) is 0 Å². The number of carbonyl (C=O) groups is 1. The lowest BCUT2D eigenvalue weighted by molar-refractivity contribution is -0.140. The predicted molar refractivity (Wildman–Crippen MR) is 113 cm³/mol. The zero-order valence-electron chi connectivity index (χ0n) is 17.5. The van der Waals surface area contributed by atoms with E-state index in [9.17, 15) is 20.1 Å². The average Bonchev–Trinajstić information content (AvgIpc) is 3.00. The number of ether oxygens (including phenoxy) is 1. The predicted octanol–water partition coefficient (Wildman–Crippen LogP) is 3.41. The highest BCUT2D eigenvalue weighted by Crippen LogP contribution is 2.38. The van der Waals surface area contributed by atoms with Crippen LogP contribution in [0.1, 0.15) is 56.9 Å². The Labute approximate surface area is 174 Å². The third-order valence-corrected chi connectivity index (χ3v) is 6.02. The summed E-state index contributed by atoms with van der Waals surface area (Å²) in [7, 11) is 1.39. The molecule has 162 valence electrons. The summed E-state index contributed by atoms with van der Waals surface area (Å²) < 4.78 is 4.62. The van der Waals surface area contributed by atoms with E-state index in [4.69, 9.17) is 0 Å². The first kappa shape index (κ1) is 23.6. The summed E-state index contributed by atoms with van der Waals surface area (Å²) in [6.07, 6.45) is 8.65. The molecule has 1 aromatic carbocycles. The molecule has 3 N–H and O–H groups in total. The quantitative estimate of drug-likeness (QED) is 0.282. The molecule has 0 aromatic heterocycles. The van der Waals surface area contributed by atoms with E-state index in [1.165, 1.54) is 12.7 Å². The molecule has 0 aliphatic heterocycles. The molecule has 0 heterocycles. The number of carbonyl (C=O) groups excluding carboxylic acids is 1. The molecule has 1 saturated carbocycles. The largest absolute Gasteiger partial charge is 0.469 e. The lowest BCUT2D eigenvalue weighted by Gasteiger charge is -2.23. The highest BCUT2D eigenvalue weighted by molar-refractivity contribution is 5.69. The third kappa shape index (κ3) is 8.29. The van der Waals surface area contributed by atoms with Crippen LogP contribution >= 0.6 is 0 Å². The Morgan fingerprint density at radius 2 is 1.86 bits per heavy atom. The molecule has 0 bridgehead atoms. The van der Waals surface area contributed by atoms with Crippen molar-refractivity contribution in [3.8, 4) is 0 Å². The van der Waals surface area contributed by atoms with Crippen LogP contribution < -0.4 is 0 Å². The average molecular weight is 405 g/mol. The van der Waals surface area contributed by atoms with Crippen LogP contribution in [0.3, 0.4) is 0 Å². The van der Waals surface area contributed by atoms with Crippen molar-refractivity contribution in [2.24, 2.45) is 11.8 Å². The first-order valence-electron chi connectivity index (χ1n) is 10.8. The third-order valence-electron chi connectivity index (χ3n) is 6.02. The van der Waals surface area contributed by atoms with Gasteiger partial charge in [0.15, 0.2) is 0 Å². The molecule has 5 nitrogen and oxygen atoms in total. The van der Waals surface area contributed by atoms with Gasteiger partial charge >= 0.3 is 5.97 Å². The van der Waals surface area contributed by atoms with E-state index in [0.717, 1.165) is 25.7 Å². The molecular weight excluding hydrogens is 368 g/mol. The number of rotatable bonds is 12. The van der Waals surface area contributed by atoms with Gasteiger partial charge in [-0.2, -0.15) is 0 Å². The Hall–Kier alpha value is -1.69. The highest BCUT2D eigenvalue weighted by Gasteiger charge is 2.40. The minimum absolute atomic E-state index is 0.0103. The molecule has 1 aliphatic carbocycles. The van der Waals surface area contributed by atoms with Gasteiger partial charge in [0.05, 0.1) is 25.4 Å². The molecule has 29 heavy (non-hydrogen) atoms. The Morgan fingerprint density at radius 1 is 1.14 bits per heavy atom. The fourth-order valence-corrected chi connectivity index (χ4v) is 4.25. The molecule has 0 spiro atoms. The number of esters is 1. The van der Waals surface area contributed by atoms with Gasteiger partial charge < -0.3 is 20.1 Å². The van der Waals surface area contributed by atoms with E-state index >= 15 is 0 Å². The van der Waals surface area contributed by atoms with Gasteiger partial charge in [0, 0.05) is 6.42 Å². The fraction of sp³-hybridized carbons (Fsp3) is 0.625. The first-order chi connectivity index (χ1) is 14.0. The molecule has 0 amide bonds. The van der Waals surface area contributed by atoms with E-state index in [2.05, 4.69) is 16.9 Å². The van der Waals surface area contributed by atoms with E-state index in [1.54, 1.807) is 0 Å². The molecule has 1 aliphatic rings. The zero-order chi connectivity index (χ0) is 21.1. The summed E-state index contributed by atoms with van der Waals surface area (Å²) in [6, 6.07) is 10.1. The lowest BCUT2D eigenvalue weighted by Crippen LogP contribution is -2.23. The Balaban J connectivity index is 1.73. The zero-order valence-corrected chi connectivity index (χ0v) is 17.5. The van der Waals surface area contributed by atoms with Crippen molar-refractivity contribution in [3.05, 3.63) is 48.0 Å². The Kier molecular flexibility index (Phi) is 10.4. The van der Waals surface area contributed by atoms with E-state index in [0.29, 0.717) is 32.1 Å². The van der Waals surface area contributed by atoms with Crippen molar-refractivity contribution in [2.45, 2.75) is 76.1 Å². The number of allylic oxidation sites excluding steroid dienone is 2. The van der Waals surface area contributed by atoms with Crippen molar-refractivity contribution in [1.82, 2.24) is 0 Å². The molecular formula is C24H36O5. The van der Waals surface area contributed by atoms with Gasteiger partial charge in [-0.15, -0.1) is 0 Å². The lowest BCUT2D eigenvalue weighted by atomic mass is 9.85. The Morgan fingerprint density at radius 3 is 2.59 bits per heavy atom. The molecule has 5 atom stereocenters. The van der Waals surface area contributed by atoms with Crippen molar-refractivity contribution in [2.75, 3.05) is 7.11 Å². The van der Waals surface area contributed by atoms with Gasteiger partial charge in [-0.05, 0) is 68.8 Å². The van der Waals surface area contributed by atoms with Crippen LogP contribution in [0.25, 0.3) is 0 Å². The van der Waals surface area contributed by atoms with Gasteiger partial charge in [-0.1, -0.05) is 42.5 Å². The molecule has 1 unspecified atom stereocenters. The number of aryl methyl sites for hydroxylation is 1. The number of unbranched alkanes of at least 4 members (excludes halogenated alkanes) is 1. The van der Waals surface area contributed by atoms with Gasteiger partial charge in [-0.3, -0.25) is 4.79 Å². The molecule has 2 rings (SSSR count). The molecule has 1 fully saturated rings. The molecule has 1 aromatic rings. The highest BCUT2D eigenvalue weighted by atomic mass is 16.5. The summed E-state index contributed by atoms with van der Waals surface area (Å²) >= 11 is 0. The van der Waals surface area contributed by atoms with Crippen LogP contribution in [0.15, 0.2) is 42.5 Å². The normalized spacial score (nSPS) is 25.4. The number of aliphatic hydroxyl groups is 3. The van der Waals surface area contributed by atoms with E-state index in [-0.39, 0.29) is 17.8 Å². The number of benzene rings is 1. The maximum absolute atomic E-state index is 11.1. The van der Waals surface area contributed by atoms with Gasteiger partial charge in [0.2, 0.25) is 0 Å². The van der Waals surface area contributed by atoms with Crippen molar-refractivity contribution < 1.29 is 24.9 Å². The molecule has 0 saturated heterocycles. The molecule has 0 radical (unpaired) electrons. The number of methoxy groups -OCH3 is 1. The van der Waals surface area contributed by atoms with Crippen LogP contribution in [0.4, 0.5) is 0 Å². The second-order valence-corrected chi connectivity index (χ2v) is 8.13. The molecule has 5 heteroatoms. The van der Waals surface area contributed by atoms with Crippen molar-refractivity contribution in [3.63, 3.8) is 0 Å². The minimum atomic E-state index is -0.510. The fourth-order valence-electron chi connectivity index (χ4n) is 4.25.